The van der Waals surface area contributed by atoms with E-state index in [-0.39, 0.29) is 6.61 Å². The van der Waals surface area contributed by atoms with Gasteiger partial charge in [0.2, 0.25) is 5.91 Å². The van der Waals surface area contributed by atoms with Crippen molar-refractivity contribution in [3.05, 3.63) is 12.2 Å². The number of carbonyl (C=O) groups is 1. The molecule has 0 aromatic carbocycles. The van der Waals surface area contributed by atoms with Crippen LogP contribution in [-0.2, 0) is 4.79 Å². The molecule has 0 heterocycles. The first-order valence-electron chi connectivity index (χ1n) is 24.5. The highest BCUT2D eigenvalue weighted by atomic mass is 16.3. The lowest BCUT2D eigenvalue weighted by atomic mass is 10.0. The van der Waals surface area contributed by atoms with Gasteiger partial charge in [-0.1, -0.05) is 244 Å². The van der Waals surface area contributed by atoms with Gasteiger partial charge >= 0.3 is 0 Å². The predicted molar refractivity (Wildman–Crippen MR) is 236 cm³/mol. The summed E-state index contributed by atoms with van der Waals surface area (Å²) in [6.07, 6.45) is 53.8. The molecule has 0 aromatic rings. The zero-order valence-corrected chi connectivity index (χ0v) is 36.6. The van der Waals surface area contributed by atoms with Crippen molar-refractivity contribution < 1.29 is 20.1 Å². The van der Waals surface area contributed by atoms with Crippen molar-refractivity contribution >= 4 is 5.91 Å². The maximum Gasteiger partial charge on any atom is 0.249 e. The highest BCUT2D eigenvalue weighted by molar-refractivity contribution is 5.80. The van der Waals surface area contributed by atoms with Crippen LogP contribution in [0.15, 0.2) is 12.2 Å². The van der Waals surface area contributed by atoms with Crippen LogP contribution in [0.5, 0.6) is 0 Å². The Bertz CT molecular complexity index is 758. The van der Waals surface area contributed by atoms with Crippen molar-refractivity contribution in [3.8, 4) is 0 Å². The number of nitrogens with one attached hydrogen (secondary N) is 1. The van der Waals surface area contributed by atoms with Gasteiger partial charge in [-0.3, -0.25) is 4.79 Å². The lowest BCUT2D eigenvalue weighted by Crippen LogP contribution is -2.49. The Labute approximate surface area is 338 Å². The number of hydrogen-bond donors (Lipinski definition) is 4. The summed E-state index contributed by atoms with van der Waals surface area (Å²) >= 11 is 0. The van der Waals surface area contributed by atoms with Gasteiger partial charge in [0.25, 0.3) is 0 Å². The SMILES string of the molecule is CCCCCCCCCCCCCC/C=C\CCCCCCCCCCCCCCC(O)C(=O)NC(CO)C(O)CCCCCCCCCCCCCC. The minimum Gasteiger partial charge on any atom is -0.394 e. The zero-order chi connectivity index (χ0) is 39.4. The topological polar surface area (TPSA) is 89.8 Å². The maximum absolute atomic E-state index is 12.5. The summed E-state index contributed by atoms with van der Waals surface area (Å²) in [4.78, 5) is 12.5. The van der Waals surface area contributed by atoms with E-state index in [0.29, 0.717) is 12.8 Å². The summed E-state index contributed by atoms with van der Waals surface area (Å²) in [6, 6.07) is -0.708. The quantitative estimate of drug-likeness (QED) is 0.0367. The van der Waals surface area contributed by atoms with Crippen molar-refractivity contribution in [2.45, 2.75) is 289 Å². The number of aliphatic hydroxyl groups is 3. The fourth-order valence-electron chi connectivity index (χ4n) is 7.78. The average Bonchev–Trinajstić information content (AvgIpc) is 3.18. The minimum absolute atomic E-state index is 0.310. The fraction of sp³-hybridized carbons (Fsp3) is 0.939. The van der Waals surface area contributed by atoms with Crippen LogP contribution < -0.4 is 5.32 Å². The molecule has 3 unspecified atom stereocenters. The van der Waals surface area contributed by atoms with Crippen LogP contribution in [0.1, 0.15) is 271 Å². The number of carbonyl (C=O) groups excluding carboxylic acids is 1. The van der Waals surface area contributed by atoms with E-state index in [1.54, 1.807) is 0 Å². The first-order chi connectivity index (χ1) is 26.6. The van der Waals surface area contributed by atoms with Crippen LogP contribution in [-0.4, -0.2) is 46.1 Å². The Morgan fingerprint density at radius 2 is 0.704 bits per heavy atom. The van der Waals surface area contributed by atoms with Gasteiger partial charge in [0.1, 0.15) is 6.10 Å². The van der Waals surface area contributed by atoms with Crippen LogP contribution >= 0.6 is 0 Å². The minimum atomic E-state index is -1.07. The molecule has 4 N–H and O–H groups in total. The molecule has 5 heteroatoms. The standard InChI is InChI=1S/C49H97NO4/c1-3-5-7-9-11-13-15-17-18-19-20-21-22-23-24-25-26-27-28-29-30-31-32-34-36-38-40-42-44-48(53)49(54)50-46(45-51)47(52)43-41-39-37-35-33-16-14-12-10-8-6-4-2/h23-24,46-48,51-53H,3-22,25-45H2,1-2H3,(H,50,54)/b24-23-. The van der Waals surface area contributed by atoms with Gasteiger partial charge in [-0.05, 0) is 38.5 Å². The highest BCUT2D eigenvalue weighted by Gasteiger charge is 2.23. The van der Waals surface area contributed by atoms with E-state index < -0.39 is 24.2 Å². The third kappa shape index (κ3) is 39.3. The Morgan fingerprint density at radius 1 is 0.426 bits per heavy atom. The second-order valence-corrected chi connectivity index (χ2v) is 17.0. The Kier molecular flexibility index (Phi) is 44.0. The number of allylic oxidation sites excluding steroid dienone is 2. The number of hydrogen-bond acceptors (Lipinski definition) is 4. The van der Waals surface area contributed by atoms with Crippen molar-refractivity contribution in [2.75, 3.05) is 6.61 Å². The second kappa shape index (κ2) is 44.8. The van der Waals surface area contributed by atoms with Gasteiger partial charge in [-0.25, -0.2) is 0 Å². The van der Waals surface area contributed by atoms with Gasteiger partial charge in [-0.15, -0.1) is 0 Å². The van der Waals surface area contributed by atoms with Crippen LogP contribution in [0.2, 0.25) is 0 Å². The van der Waals surface area contributed by atoms with Gasteiger partial charge in [0.15, 0.2) is 0 Å². The molecular weight excluding hydrogens is 667 g/mol. The normalized spacial score (nSPS) is 13.5. The molecule has 5 nitrogen and oxygen atoms in total. The molecule has 322 valence electrons. The van der Waals surface area contributed by atoms with Crippen LogP contribution in [0, 0.1) is 0 Å². The molecule has 1 amide bonds. The third-order valence-corrected chi connectivity index (χ3v) is 11.6. The molecule has 0 aliphatic heterocycles. The summed E-state index contributed by atoms with van der Waals surface area (Å²) in [5, 5.41) is 33.3. The summed E-state index contributed by atoms with van der Waals surface area (Å²) < 4.78 is 0. The molecule has 0 rings (SSSR count). The maximum atomic E-state index is 12.5. The smallest absolute Gasteiger partial charge is 0.249 e. The Balaban J connectivity index is 3.51. The van der Waals surface area contributed by atoms with E-state index in [4.69, 9.17) is 0 Å². The molecule has 0 aromatic heterocycles. The fourth-order valence-corrected chi connectivity index (χ4v) is 7.78. The molecule has 54 heavy (non-hydrogen) atoms. The number of aliphatic hydroxyl groups excluding tert-OH is 3. The number of rotatable bonds is 45. The highest BCUT2D eigenvalue weighted by Crippen LogP contribution is 2.17. The summed E-state index contributed by atoms with van der Waals surface area (Å²) in [5.41, 5.74) is 0. The molecule has 0 spiro atoms. The Morgan fingerprint density at radius 3 is 1.02 bits per heavy atom. The molecular formula is C49H97NO4. The number of amides is 1. The van der Waals surface area contributed by atoms with Gasteiger partial charge in [-0.2, -0.15) is 0 Å². The average molecular weight is 764 g/mol. The number of unbranched alkanes of at least 4 members (excludes halogenated alkanes) is 35. The lowest BCUT2D eigenvalue weighted by Gasteiger charge is -2.23. The second-order valence-electron chi connectivity index (χ2n) is 17.0. The monoisotopic (exact) mass is 764 g/mol. The van der Waals surface area contributed by atoms with Gasteiger partial charge in [0.05, 0.1) is 18.8 Å². The first kappa shape index (κ1) is 53.1. The first-order valence-corrected chi connectivity index (χ1v) is 24.5. The van der Waals surface area contributed by atoms with E-state index in [1.165, 1.54) is 212 Å². The van der Waals surface area contributed by atoms with Crippen LogP contribution in [0.4, 0.5) is 0 Å². The summed E-state index contributed by atoms with van der Waals surface area (Å²) in [6.45, 7) is 4.24. The van der Waals surface area contributed by atoms with Crippen LogP contribution in [0.25, 0.3) is 0 Å². The summed E-state index contributed by atoms with van der Waals surface area (Å²) in [7, 11) is 0. The van der Waals surface area contributed by atoms with E-state index in [2.05, 4.69) is 31.3 Å². The van der Waals surface area contributed by atoms with Crippen molar-refractivity contribution in [3.63, 3.8) is 0 Å². The van der Waals surface area contributed by atoms with E-state index in [1.807, 2.05) is 0 Å². The molecule has 3 atom stereocenters. The third-order valence-electron chi connectivity index (χ3n) is 11.6. The molecule has 0 aliphatic rings. The van der Waals surface area contributed by atoms with Gasteiger partial charge in [0, 0.05) is 0 Å². The van der Waals surface area contributed by atoms with E-state index in [0.717, 1.165) is 32.1 Å². The molecule has 0 saturated heterocycles. The van der Waals surface area contributed by atoms with E-state index >= 15 is 0 Å². The molecule has 0 saturated carbocycles. The molecule has 0 bridgehead atoms. The Hall–Kier alpha value is -0.910. The lowest BCUT2D eigenvalue weighted by molar-refractivity contribution is -0.131. The molecule has 0 aliphatic carbocycles. The zero-order valence-electron chi connectivity index (χ0n) is 36.6. The molecule has 0 radical (unpaired) electrons. The summed E-state index contributed by atoms with van der Waals surface area (Å²) in [5.74, 6) is -0.468. The van der Waals surface area contributed by atoms with Crippen LogP contribution in [0.3, 0.4) is 0 Å². The molecule has 0 fully saturated rings. The van der Waals surface area contributed by atoms with Crippen molar-refractivity contribution in [1.82, 2.24) is 5.32 Å². The van der Waals surface area contributed by atoms with E-state index in [9.17, 15) is 20.1 Å². The van der Waals surface area contributed by atoms with Crippen molar-refractivity contribution in [1.29, 1.82) is 0 Å². The van der Waals surface area contributed by atoms with Gasteiger partial charge < -0.3 is 20.6 Å². The van der Waals surface area contributed by atoms with Crippen molar-refractivity contribution in [2.24, 2.45) is 0 Å². The largest absolute Gasteiger partial charge is 0.394 e. The predicted octanol–water partition coefficient (Wildman–Crippen LogP) is 14.4.